The summed E-state index contributed by atoms with van der Waals surface area (Å²) in [5.74, 6) is 0. The van der Waals surface area contributed by atoms with Gasteiger partial charge in [0, 0.05) is 51.8 Å². The Morgan fingerprint density at radius 2 is 0.500 bits per heavy atom. The molecule has 7 rings (SSSR count). The van der Waals surface area contributed by atoms with Gasteiger partial charge < -0.3 is 0 Å². The summed E-state index contributed by atoms with van der Waals surface area (Å²) in [6.45, 7) is 17.4. The summed E-state index contributed by atoms with van der Waals surface area (Å²) < 4.78 is 15.4. The van der Waals surface area contributed by atoms with Crippen LogP contribution in [0.3, 0.4) is 0 Å². The SMILES string of the molecule is C[Si](C)(C)C1=P(N(C2CCCCC2)C2CCCCC2)=C([Si](C)(C)C)P(N(C2CCCCC2)C2CCCCC2)P1N(C1CCCCC1)C1CCCCC1. The highest BCUT2D eigenvalue weighted by Gasteiger charge is 2.56. The number of nitrogens with zero attached hydrogens (tertiary/aromatic N) is 3. The van der Waals surface area contributed by atoms with Crippen molar-refractivity contribution in [2.24, 2.45) is 0 Å². The molecule has 7 aliphatic rings. The summed E-state index contributed by atoms with van der Waals surface area (Å²) in [7, 11) is -4.21. The quantitative estimate of drug-likeness (QED) is 0.152. The van der Waals surface area contributed by atoms with Gasteiger partial charge in [0.05, 0.1) is 16.1 Å². The predicted octanol–water partition coefficient (Wildman–Crippen LogP) is 15.0. The Morgan fingerprint density at radius 3 is 0.692 bits per heavy atom. The van der Waals surface area contributed by atoms with Gasteiger partial charge in [-0.2, -0.15) is 0 Å². The van der Waals surface area contributed by atoms with Crippen molar-refractivity contribution in [3.05, 3.63) is 0 Å². The van der Waals surface area contributed by atoms with Gasteiger partial charge in [-0.15, -0.1) is 0 Å². The molecule has 0 aromatic carbocycles. The molecule has 0 radical (unpaired) electrons. The van der Waals surface area contributed by atoms with Crippen LogP contribution in [-0.4, -0.2) is 75.7 Å². The zero-order valence-electron chi connectivity index (χ0n) is 35.4. The Balaban J connectivity index is 1.52. The van der Waals surface area contributed by atoms with Gasteiger partial charge in [0.15, 0.2) is 0 Å². The molecule has 1 heterocycles. The molecule has 6 saturated carbocycles. The first-order chi connectivity index (χ1) is 25.1. The van der Waals surface area contributed by atoms with E-state index in [1.165, 1.54) is 193 Å². The van der Waals surface area contributed by atoms with Crippen LogP contribution in [0.1, 0.15) is 193 Å². The van der Waals surface area contributed by atoms with Crippen LogP contribution < -0.4 is 0 Å². The van der Waals surface area contributed by atoms with Crippen LogP contribution in [0.15, 0.2) is 0 Å². The number of rotatable bonds is 11. The third-order valence-corrected chi connectivity index (χ3v) is 41.0. The van der Waals surface area contributed by atoms with Gasteiger partial charge in [0.1, 0.15) is 0 Å². The van der Waals surface area contributed by atoms with E-state index in [0.29, 0.717) is 0 Å². The molecule has 1 aliphatic heterocycles. The summed E-state index contributed by atoms with van der Waals surface area (Å²) in [4.78, 5) is 0. The van der Waals surface area contributed by atoms with Crippen molar-refractivity contribution < 1.29 is 0 Å². The molecule has 6 fully saturated rings. The third kappa shape index (κ3) is 9.40. The molecule has 8 heteroatoms. The normalized spacial score (nSPS) is 30.8. The van der Waals surface area contributed by atoms with E-state index >= 15 is 0 Å². The Kier molecular flexibility index (Phi) is 15.0. The van der Waals surface area contributed by atoms with Crippen LogP contribution in [0.2, 0.25) is 39.3 Å². The monoisotopic (exact) mass is 804 g/mol. The first kappa shape index (κ1) is 41.4. The van der Waals surface area contributed by atoms with Crippen molar-refractivity contribution in [3.63, 3.8) is 0 Å². The van der Waals surface area contributed by atoms with Crippen molar-refractivity contribution in [3.8, 4) is 0 Å². The molecule has 2 atom stereocenters. The standard InChI is InChI=1S/C44H84N3P3Si2/c1-51(2,3)43-48(45(37-25-13-7-14-26-37)38-27-15-8-16-28-38)44(52(4,5)6)50(47(41-33-21-11-22-34-41)42-35-23-12-24-36-42)49(43)46(39-29-17-9-18-30-39)40-31-19-10-20-32-40/h37-42H,7-36H2,1-6H3. The van der Waals surface area contributed by atoms with E-state index in [4.69, 9.17) is 0 Å². The summed E-state index contributed by atoms with van der Waals surface area (Å²) in [6.07, 6.45) is 45.1. The highest BCUT2D eigenvalue weighted by Crippen LogP contribution is 2.84. The van der Waals surface area contributed by atoms with E-state index in [0.717, 1.165) is 36.3 Å². The molecule has 0 aromatic rings. The molecule has 298 valence electrons. The molecule has 3 nitrogen and oxygen atoms in total. The third-order valence-electron chi connectivity index (χ3n) is 14.7. The summed E-state index contributed by atoms with van der Waals surface area (Å²) in [5, 5.41) is 0. The van der Waals surface area contributed by atoms with Crippen LogP contribution in [0.5, 0.6) is 0 Å². The van der Waals surface area contributed by atoms with E-state index < -0.39 is 16.1 Å². The Morgan fingerprint density at radius 1 is 0.308 bits per heavy atom. The minimum Gasteiger partial charge on any atom is -0.268 e. The molecule has 0 aromatic heterocycles. The van der Waals surface area contributed by atoms with Crippen molar-refractivity contribution in [2.75, 3.05) is 0 Å². The van der Waals surface area contributed by atoms with Gasteiger partial charge >= 0.3 is 0 Å². The highest BCUT2D eigenvalue weighted by molar-refractivity contribution is 8.51. The highest BCUT2D eigenvalue weighted by atomic mass is 32.1. The lowest BCUT2D eigenvalue weighted by molar-refractivity contribution is 0.174. The van der Waals surface area contributed by atoms with Crippen molar-refractivity contribution in [2.45, 2.75) is 268 Å². The average molecular weight is 804 g/mol. The van der Waals surface area contributed by atoms with Crippen LogP contribution in [0.25, 0.3) is 0 Å². The number of hydrogen-bond acceptors (Lipinski definition) is 3. The fraction of sp³-hybridized carbons (Fsp3) is 0.955. The van der Waals surface area contributed by atoms with E-state index in [9.17, 15) is 0 Å². The van der Waals surface area contributed by atoms with Crippen LogP contribution >= 0.6 is 22.8 Å². The topological polar surface area (TPSA) is 9.72 Å². The maximum atomic E-state index is 3.59. The lowest BCUT2D eigenvalue weighted by atomic mass is 9.91. The first-order valence-electron chi connectivity index (χ1n) is 23.6. The molecule has 52 heavy (non-hydrogen) atoms. The summed E-state index contributed by atoms with van der Waals surface area (Å²) in [5.41, 5.74) is 0. The van der Waals surface area contributed by atoms with Crippen LogP contribution in [0, 0.1) is 0 Å². The van der Waals surface area contributed by atoms with Gasteiger partial charge in [-0.3, -0.25) is 14.0 Å². The molecule has 0 bridgehead atoms. The van der Waals surface area contributed by atoms with Gasteiger partial charge in [-0.1, -0.05) is 162 Å². The molecule has 0 N–H and O–H groups in total. The fourth-order valence-electron chi connectivity index (χ4n) is 12.2. The Bertz CT molecular complexity index is 1090. The van der Waals surface area contributed by atoms with E-state index in [1.54, 1.807) is 0 Å². The summed E-state index contributed by atoms with van der Waals surface area (Å²) in [6, 6.07) is 5.21. The van der Waals surface area contributed by atoms with Crippen molar-refractivity contribution in [1.82, 2.24) is 14.0 Å². The Hall–Kier alpha value is 1.21. The number of hydrogen-bond donors (Lipinski definition) is 0. The Labute approximate surface area is 329 Å². The van der Waals surface area contributed by atoms with Gasteiger partial charge in [0.25, 0.3) is 0 Å². The summed E-state index contributed by atoms with van der Waals surface area (Å²) >= 11 is 0. The molecule has 0 amide bonds. The lowest BCUT2D eigenvalue weighted by Crippen LogP contribution is -2.48. The second kappa shape index (κ2) is 18.9. The molecule has 6 aliphatic carbocycles. The average Bonchev–Trinajstić information content (AvgIpc) is 3.50. The van der Waals surface area contributed by atoms with Gasteiger partial charge in [-0.25, -0.2) is 0 Å². The van der Waals surface area contributed by atoms with Crippen molar-refractivity contribution in [1.29, 1.82) is 0 Å². The zero-order valence-corrected chi connectivity index (χ0v) is 40.0. The minimum absolute atomic E-state index is 0.288. The van der Waals surface area contributed by atoms with E-state index in [1.807, 2.05) is 0 Å². The minimum atomic E-state index is -1.66. The van der Waals surface area contributed by atoms with Gasteiger partial charge in [0.2, 0.25) is 0 Å². The second-order valence-electron chi connectivity index (χ2n) is 20.9. The van der Waals surface area contributed by atoms with Crippen molar-refractivity contribution >= 4 is 48.3 Å². The largest absolute Gasteiger partial charge is 0.268 e. The molecular weight excluding hydrogens is 720 g/mol. The lowest BCUT2D eigenvalue weighted by Gasteiger charge is -2.54. The first-order valence-corrected chi connectivity index (χ1v) is 35.2. The van der Waals surface area contributed by atoms with Gasteiger partial charge in [-0.05, 0) is 86.4 Å². The van der Waals surface area contributed by atoms with Crippen LogP contribution in [-0.2, 0) is 0 Å². The molecule has 0 saturated heterocycles. The van der Waals surface area contributed by atoms with E-state index in [-0.39, 0.29) is 22.8 Å². The molecule has 2 unspecified atom stereocenters. The molecular formula is C44H84N3P3Si2. The maximum Gasteiger partial charge on any atom is 0.0870 e. The fourth-order valence-corrected chi connectivity index (χ4v) is 47.8. The zero-order chi connectivity index (χ0) is 36.3. The van der Waals surface area contributed by atoms with Crippen LogP contribution in [0.4, 0.5) is 0 Å². The smallest absolute Gasteiger partial charge is 0.0870 e. The maximum absolute atomic E-state index is 3.59. The van der Waals surface area contributed by atoms with E-state index in [2.05, 4.69) is 62.6 Å². The molecule has 0 spiro atoms. The second-order valence-corrected chi connectivity index (χ2v) is 40.5. The predicted molar refractivity (Wildman–Crippen MR) is 244 cm³/mol.